The first-order chi connectivity index (χ1) is 8.15. The fourth-order valence-corrected chi connectivity index (χ4v) is 2.30. The van der Waals surface area contributed by atoms with E-state index in [0.29, 0.717) is 11.6 Å². The first-order valence-electron chi connectivity index (χ1n) is 5.12. The van der Waals surface area contributed by atoms with Gasteiger partial charge in [0.25, 0.3) is 0 Å². The van der Waals surface area contributed by atoms with Crippen LogP contribution >= 0.6 is 27.5 Å². The Labute approximate surface area is 113 Å². The van der Waals surface area contributed by atoms with Crippen molar-refractivity contribution < 1.29 is 5.11 Å². The summed E-state index contributed by atoms with van der Waals surface area (Å²) in [6, 6.07) is 12.7. The summed E-state index contributed by atoms with van der Waals surface area (Å²) in [4.78, 5) is 0. The minimum atomic E-state index is 0.255. The number of halogens is 2. The Bertz CT molecular complexity index is 531. The number of benzene rings is 2. The van der Waals surface area contributed by atoms with E-state index in [-0.39, 0.29) is 5.75 Å². The van der Waals surface area contributed by atoms with Crippen LogP contribution in [0.15, 0.2) is 46.9 Å². The van der Waals surface area contributed by atoms with Crippen LogP contribution in [-0.4, -0.2) is 5.11 Å². The van der Waals surface area contributed by atoms with E-state index in [2.05, 4.69) is 21.2 Å². The average Bonchev–Trinajstić information content (AvgIpc) is 2.28. The summed E-state index contributed by atoms with van der Waals surface area (Å²) in [6.45, 7) is 0.668. The standard InChI is InChI=1S/C13H11BrClNO/c14-13-6-10(15)5-4-9(13)8-16-11-2-1-3-12(17)7-11/h1-7,16-17H,8H2. The van der Waals surface area contributed by atoms with Crippen molar-refractivity contribution in [2.24, 2.45) is 0 Å². The first kappa shape index (κ1) is 12.3. The minimum Gasteiger partial charge on any atom is -0.508 e. The molecule has 0 atom stereocenters. The van der Waals surface area contributed by atoms with Gasteiger partial charge in [0.1, 0.15) is 5.75 Å². The normalized spacial score (nSPS) is 10.2. The molecule has 4 heteroatoms. The highest BCUT2D eigenvalue weighted by Gasteiger charge is 2.01. The molecule has 0 aliphatic carbocycles. The number of nitrogens with one attached hydrogen (secondary N) is 1. The molecule has 2 N–H and O–H groups in total. The number of anilines is 1. The third kappa shape index (κ3) is 3.38. The Hall–Kier alpha value is -1.19. The Kier molecular flexibility index (Phi) is 3.92. The van der Waals surface area contributed by atoms with Crippen molar-refractivity contribution in [2.75, 3.05) is 5.32 Å². The van der Waals surface area contributed by atoms with E-state index in [9.17, 15) is 5.11 Å². The molecule has 17 heavy (non-hydrogen) atoms. The van der Waals surface area contributed by atoms with Crippen molar-refractivity contribution in [2.45, 2.75) is 6.54 Å². The summed E-state index contributed by atoms with van der Waals surface area (Å²) in [6.07, 6.45) is 0. The van der Waals surface area contributed by atoms with Crippen LogP contribution in [0.5, 0.6) is 5.75 Å². The molecular weight excluding hydrogens is 302 g/mol. The monoisotopic (exact) mass is 311 g/mol. The maximum Gasteiger partial charge on any atom is 0.117 e. The van der Waals surface area contributed by atoms with Crippen LogP contribution in [0.25, 0.3) is 0 Å². The molecule has 0 aliphatic rings. The molecule has 0 radical (unpaired) electrons. The van der Waals surface area contributed by atoms with Gasteiger partial charge in [-0.25, -0.2) is 0 Å². The summed E-state index contributed by atoms with van der Waals surface area (Å²) in [5.74, 6) is 0.255. The molecule has 0 aromatic heterocycles. The third-order valence-electron chi connectivity index (χ3n) is 2.34. The number of phenolic OH excluding ortho intramolecular Hbond substituents is 1. The number of hydrogen-bond acceptors (Lipinski definition) is 2. The smallest absolute Gasteiger partial charge is 0.117 e. The lowest BCUT2D eigenvalue weighted by atomic mass is 10.2. The molecule has 0 saturated carbocycles. The maximum atomic E-state index is 9.33. The molecule has 0 unspecified atom stereocenters. The molecule has 0 spiro atoms. The number of hydrogen-bond donors (Lipinski definition) is 2. The zero-order valence-corrected chi connectivity index (χ0v) is 11.3. The second kappa shape index (κ2) is 5.43. The predicted octanol–water partition coefficient (Wildman–Crippen LogP) is 4.42. The van der Waals surface area contributed by atoms with E-state index in [1.165, 1.54) is 0 Å². The molecule has 0 fully saturated rings. The van der Waals surface area contributed by atoms with Gasteiger partial charge in [0, 0.05) is 27.8 Å². The highest BCUT2D eigenvalue weighted by Crippen LogP contribution is 2.23. The van der Waals surface area contributed by atoms with Crippen molar-refractivity contribution in [3.05, 3.63) is 57.5 Å². The summed E-state index contributed by atoms with van der Waals surface area (Å²) >= 11 is 9.33. The molecule has 88 valence electrons. The Morgan fingerprint density at radius 1 is 1.18 bits per heavy atom. The quantitative estimate of drug-likeness (QED) is 0.879. The molecule has 0 saturated heterocycles. The first-order valence-corrected chi connectivity index (χ1v) is 6.29. The molecular formula is C13H11BrClNO. The third-order valence-corrected chi connectivity index (χ3v) is 3.32. The number of aromatic hydroxyl groups is 1. The molecule has 0 amide bonds. The van der Waals surface area contributed by atoms with Crippen molar-refractivity contribution in [1.82, 2.24) is 0 Å². The van der Waals surface area contributed by atoms with E-state index < -0.39 is 0 Å². The predicted molar refractivity (Wildman–Crippen MR) is 74.6 cm³/mol. The van der Waals surface area contributed by atoms with Crippen molar-refractivity contribution in [1.29, 1.82) is 0 Å². The van der Waals surface area contributed by atoms with Gasteiger partial charge in [0.15, 0.2) is 0 Å². The zero-order chi connectivity index (χ0) is 12.3. The van der Waals surface area contributed by atoms with Crippen LogP contribution in [0.4, 0.5) is 5.69 Å². The Morgan fingerprint density at radius 2 is 2.00 bits per heavy atom. The van der Waals surface area contributed by atoms with Gasteiger partial charge in [0.05, 0.1) is 0 Å². The lowest BCUT2D eigenvalue weighted by Crippen LogP contribution is -1.99. The summed E-state index contributed by atoms with van der Waals surface area (Å²) in [5.41, 5.74) is 1.99. The van der Waals surface area contributed by atoms with Gasteiger partial charge >= 0.3 is 0 Å². The zero-order valence-electron chi connectivity index (χ0n) is 8.95. The van der Waals surface area contributed by atoms with E-state index in [0.717, 1.165) is 15.7 Å². The largest absolute Gasteiger partial charge is 0.508 e. The van der Waals surface area contributed by atoms with Gasteiger partial charge in [-0.15, -0.1) is 0 Å². The van der Waals surface area contributed by atoms with E-state index in [4.69, 9.17) is 11.6 Å². The van der Waals surface area contributed by atoms with Crippen LogP contribution in [0.1, 0.15) is 5.56 Å². The van der Waals surface area contributed by atoms with Crippen LogP contribution in [0.2, 0.25) is 5.02 Å². The molecule has 0 heterocycles. The van der Waals surface area contributed by atoms with Gasteiger partial charge in [-0.1, -0.05) is 39.7 Å². The highest BCUT2D eigenvalue weighted by atomic mass is 79.9. The molecule has 0 bridgehead atoms. The van der Waals surface area contributed by atoms with E-state index in [1.54, 1.807) is 18.2 Å². The number of phenols is 1. The SMILES string of the molecule is Oc1cccc(NCc2ccc(Cl)cc2Br)c1. The molecule has 2 aromatic rings. The summed E-state index contributed by atoms with van der Waals surface area (Å²) in [5, 5.41) is 13.3. The van der Waals surface area contributed by atoms with Gasteiger partial charge in [-0.2, -0.15) is 0 Å². The van der Waals surface area contributed by atoms with Crippen LogP contribution in [0.3, 0.4) is 0 Å². The Balaban J connectivity index is 2.07. The molecule has 2 nitrogen and oxygen atoms in total. The Morgan fingerprint density at radius 3 is 2.71 bits per heavy atom. The second-order valence-electron chi connectivity index (χ2n) is 3.64. The fraction of sp³-hybridized carbons (Fsp3) is 0.0769. The topological polar surface area (TPSA) is 32.3 Å². The fourth-order valence-electron chi connectivity index (χ4n) is 1.48. The van der Waals surface area contributed by atoms with Crippen molar-refractivity contribution >= 4 is 33.2 Å². The van der Waals surface area contributed by atoms with Gasteiger partial charge in [0.2, 0.25) is 0 Å². The lowest BCUT2D eigenvalue weighted by Gasteiger charge is -2.08. The van der Waals surface area contributed by atoms with Crippen LogP contribution < -0.4 is 5.32 Å². The highest BCUT2D eigenvalue weighted by molar-refractivity contribution is 9.10. The molecule has 2 aromatic carbocycles. The average molecular weight is 313 g/mol. The van der Waals surface area contributed by atoms with E-state index in [1.807, 2.05) is 24.3 Å². The van der Waals surface area contributed by atoms with Gasteiger partial charge < -0.3 is 10.4 Å². The van der Waals surface area contributed by atoms with Crippen molar-refractivity contribution in [3.63, 3.8) is 0 Å². The lowest BCUT2D eigenvalue weighted by molar-refractivity contribution is 0.475. The van der Waals surface area contributed by atoms with Crippen LogP contribution in [-0.2, 0) is 6.54 Å². The maximum absolute atomic E-state index is 9.33. The number of rotatable bonds is 3. The van der Waals surface area contributed by atoms with Gasteiger partial charge in [-0.3, -0.25) is 0 Å². The summed E-state index contributed by atoms with van der Waals surface area (Å²) in [7, 11) is 0. The minimum absolute atomic E-state index is 0.255. The van der Waals surface area contributed by atoms with E-state index >= 15 is 0 Å². The van der Waals surface area contributed by atoms with Crippen molar-refractivity contribution in [3.8, 4) is 5.75 Å². The molecule has 0 aliphatic heterocycles. The van der Waals surface area contributed by atoms with Gasteiger partial charge in [-0.05, 0) is 29.8 Å². The molecule has 2 rings (SSSR count). The second-order valence-corrected chi connectivity index (χ2v) is 4.93. The summed E-state index contributed by atoms with van der Waals surface area (Å²) < 4.78 is 0.970. The van der Waals surface area contributed by atoms with Crippen LogP contribution in [0, 0.1) is 0 Å².